The van der Waals surface area contributed by atoms with Gasteiger partial charge in [0.05, 0.1) is 0 Å². The van der Waals surface area contributed by atoms with Gasteiger partial charge in [0, 0.05) is 36.9 Å². The maximum Gasteiger partial charge on any atom is 0.253 e. The van der Waals surface area contributed by atoms with Gasteiger partial charge in [-0.15, -0.1) is 0 Å². The van der Waals surface area contributed by atoms with Crippen molar-refractivity contribution in [3.05, 3.63) is 30.1 Å². The van der Waals surface area contributed by atoms with Gasteiger partial charge in [0.25, 0.3) is 5.91 Å². The van der Waals surface area contributed by atoms with Crippen LogP contribution >= 0.6 is 15.9 Å². The highest BCUT2D eigenvalue weighted by atomic mass is 79.9. The van der Waals surface area contributed by atoms with Crippen molar-refractivity contribution in [3.63, 3.8) is 0 Å². The van der Waals surface area contributed by atoms with E-state index in [2.05, 4.69) is 20.9 Å². The lowest BCUT2D eigenvalue weighted by molar-refractivity contribution is 0.0804. The monoisotopic (exact) mass is 242 g/mol. The van der Waals surface area contributed by atoms with Crippen LogP contribution in [0.5, 0.6) is 0 Å². The Kier molecular flexibility index (Phi) is 3.89. The average molecular weight is 243 g/mol. The van der Waals surface area contributed by atoms with Crippen LogP contribution in [-0.2, 0) is 0 Å². The summed E-state index contributed by atoms with van der Waals surface area (Å²) in [5, 5.41) is 0.792. The Morgan fingerprint density at radius 3 is 2.69 bits per heavy atom. The zero-order valence-electron chi connectivity index (χ0n) is 7.40. The molecule has 0 fully saturated rings. The van der Waals surface area contributed by atoms with E-state index in [1.54, 1.807) is 36.5 Å². The van der Waals surface area contributed by atoms with Gasteiger partial charge >= 0.3 is 0 Å². The number of nitrogens with zero attached hydrogens (tertiary/aromatic N) is 2. The third-order valence-electron chi connectivity index (χ3n) is 1.69. The van der Waals surface area contributed by atoms with Crippen LogP contribution in [0.2, 0.25) is 0 Å². The van der Waals surface area contributed by atoms with E-state index in [9.17, 15) is 4.79 Å². The van der Waals surface area contributed by atoms with Crippen molar-refractivity contribution >= 4 is 21.8 Å². The summed E-state index contributed by atoms with van der Waals surface area (Å²) < 4.78 is 0. The first-order valence-corrected chi connectivity index (χ1v) is 5.09. The smallest absolute Gasteiger partial charge is 0.253 e. The number of aromatic nitrogens is 1. The number of carbonyl (C=O) groups is 1. The Balaban J connectivity index is 2.68. The minimum absolute atomic E-state index is 0.0295. The zero-order chi connectivity index (χ0) is 9.68. The molecule has 1 amide bonds. The summed E-state index contributed by atoms with van der Waals surface area (Å²) in [5.74, 6) is 0.0295. The first-order valence-electron chi connectivity index (χ1n) is 3.97. The predicted octanol–water partition coefficient (Wildman–Crippen LogP) is 1.55. The van der Waals surface area contributed by atoms with Crippen molar-refractivity contribution in [3.8, 4) is 0 Å². The highest BCUT2D eigenvalue weighted by Gasteiger charge is 2.09. The van der Waals surface area contributed by atoms with E-state index >= 15 is 0 Å². The molecule has 0 aliphatic rings. The standard InChI is InChI=1S/C9H11BrN2O/c1-12(7-4-10)9(13)8-2-5-11-6-3-8/h2-3,5-6H,4,7H2,1H3. The molecule has 0 spiro atoms. The second kappa shape index (κ2) is 4.97. The molecule has 0 unspecified atom stereocenters. The highest BCUT2D eigenvalue weighted by molar-refractivity contribution is 9.09. The molecule has 4 heteroatoms. The van der Waals surface area contributed by atoms with Gasteiger partial charge in [0.15, 0.2) is 0 Å². The van der Waals surface area contributed by atoms with Gasteiger partial charge in [-0.25, -0.2) is 0 Å². The summed E-state index contributed by atoms with van der Waals surface area (Å²) in [6.45, 7) is 0.709. The molecule has 1 heterocycles. The summed E-state index contributed by atoms with van der Waals surface area (Å²) in [4.78, 5) is 17.1. The fraction of sp³-hybridized carbons (Fsp3) is 0.333. The van der Waals surface area contributed by atoms with Crippen molar-refractivity contribution in [1.82, 2.24) is 9.88 Å². The van der Waals surface area contributed by atoms with E-state index in [1.165, 1.54) is 0 Å². The number of hydrogen-bond acceptors (Lipinski definition) is 2. The fourth-order valence-electron chi connectivity index (χ4n) is 0.943. The summed E-state index contributed by atoms with van der Waals surface area (Å²) in [6, 6.07) is 3.43. The van der Waals surface area contributed by atoms with E-state index in [-0.39, 0.29) is 5.91 Å². The maximum atomic E-state index is 11.6. The summed E-state index contributed by atoms with van der Waals surface area (Å²) in [5.41, 5.74) is 0.679. The minimum atomic E-state index is 0.0295. The Morgan fingerprint density at radius 2 is 2.15 bits per heavy atom. The molecule has 0 bridgehead atoms. The molecule has 1 aromatic rings. The van der Waals surface area contributed by atoms with Crippen LogP contribution in [0.3, 0.4) is 0 Å². The van der Waals surface area contributed by atoms with Gasteiger partial charge in [0.1, 0.15) is 0 Å². The SMILES string of the molecule is CN(CCBr)C(=O)c1ccncc1. The summed E-state index contributed by atoms with van der Waals surface area (Å²) in [6.07, 6.45) is 3.24. The molecular weight excluding hydrogens is 232 g/mol. The van der Waals surface area contributed by atoms with E-state index in [0.29, 0.717) is 12.1 Å². The number of amides is 1. The van der Waals surface area contributed by atoms with Crippen LogP contribution < -0.4 is 0 Å². The number of halogens is 1. The highest BCUT2D eigenvalue weighted by Crippen LogP contribution is 2.01. The lowest BCUT2D eigenvalue weighted by atomic mass is 10.2. The number of carbonyl (C=O) groups excluding carboxylic acids is 1. The van der Waals surface area contributed by atoms with Crippen molar-refractivity contribution in [1.29, 1.82) is 0 Å². The van der Waals surface area contributed by atoms with Crippen LogP contribution in [0.4, 0.5) is 0 Å². The van der Waals surface area contributed by atoms with Crippen molar-refractivity contribution in [2.75, 3.05) is 18.9 Å². The zero-order valence-corrected chi connectivity index (χ0v) is 8.99. The molecule has 0 saturated carbocycles. The first kappa shape index (κ1) is 10.2. The van der Waals surface area contributed by atoms with Crippen LogP contribution in [0, 0.1) is 0 Å². The largest absolute Gasteiger partial charge is 0.341 e. The van der Waals surface area contributed by atoms with Gasteiger partial charge in [-0.05, 0) is 12.1 Å². The van der Waals surface area contributed by atoms with E-state index in [4.69, 9.17) is 0 Å². The Morgan fingerprint density at radius 1 is 1.54 bits per heavy atom. The molecule has 0 aliphatic heterocycles. The summed E-state index contributed by atoms with van der Waals surface area (Å²) in [7, 11) is 1.78. The Hall–Kier alpha value is -0.900. The lowest BCUT2D eigenvalue weighted by Crippen LogP contribution is -2.28. The van der Waals surface area contributed by atoms with Crippen molar-refractivity contribution in [2.45, 2.75) is 0 Å². The van der Waals surface area contributed by atoms with Crippen LogP contribution in [0.1, 0.15) is 10.4 Å². The molecule has 3 nitrogen and oxygen atoms in total. The molecule has 70 valence electrons. The molecule has 0 N–H and O–H groups in total. The molecule has 0 atom stereocenters. The normalized spacial score (nSPS) is 9.69. The van der Waals surface area contributed by atoms with Crippen molar-refractivity contribution in [2.24, 2.45) is 0 Å². The van der Waals surface area contributed by atoms with Crippen LogP contribution in [-0.4, -0.2) is 34.7 Å². The minimum Gasteiger partial charge on any atom is -0.341 e. The van der Waals surface area contributed by atoms with Gasteiger partial charge in [0.2, 0.25) is 0 Å². The van der Waals surface area contributed by atoms with Gasteiger partial charge < -0.3 is 4.90 Å². The summed E-state index contributed by atoms with van der Waals surface area (Å²) >= 11 is 3.28. The topological polar surface area (TPSA) is 33.2 Å². The maximum absolute atomic E-state index is 11.6. The Bertz CT molecular complexity index is 276. The van der Waals surface area contributed by atoms with E-state index < -0.39 is 0 Å². The molecule has 0 aromatic carbocycles. The van der Waals surface area contributed by atoms with Gasteiger partial charge in [-0.1, -0.05) is 15.9 Å². The molecule has 0 radical (unpaired) electrons. The van der Waals surface area contributed by atoms with E-state index in [1.807, 2.05) is 0 Å². The molecule has 1 rings (SSSR count). The van der Waals surface area contributed by atoms with Crippen molar-refractivity contribution < 1.29 is 4.79 Å². The molecule has 13 heavy (non-hydrogen) atoms. The second-order valence-electron chi connectivity index (χ2n) is 2.65. The first-order chi connectivity index (χ1) is 6.25. The quantitative estimate of drug-likeness (QED) is 0.754. The van der Waals surface area contributed by atoms with Gasteiger partial charge in [-0.3, -0.25) is 9.78 Å². The van der Waals surface area contributed by atoms with Gasteiger partial charge in [-0.2, -0.15) is 0 Å². The molecule has 0 aliphatic carbocycles. The lowest BCUT2D eigenvalue weighted by Gasteiger charge is -2.14. The number of alkyl halides is 1. The molecule has 1 aromatic heterocycles. The average Bonchev–Trinajstić information content (AvgIpc) is 2.18. The third kappa shape index (κ3) is 2.81. The van der Waals surface area contributed by atoms with E-state index in [0.717, 1.165) is 5.33 Å². The fourth-order valence-corrected chi connectivity index (χ4v) is 1.48. The van der Waals surface area contributed by atoms with Crippen LogP contribution in [0.25, 0.3) is 0 Å². The molecular formula is C9H11BrN2O. The third-order valence-corrected chi connectivity index (χ3v) is 2.05. The van der Waals surface area contributed by atoms with Crippen LogP contribution in [0.15, 0.2) is 24.5 Å². The predicted molar refractivity (Wildman–Crippen MR) is 55.0 cm³/mol. The number of hydrogen-bond donors (Lipinski definition) is 0. The number of rotatable bonds is 3. The molecule has 0 saturated heterocycles. The second-order valence-corrected chi connectivity index (χ2v) is 3.44. The Labute approximate surface area is 85.9 Å². The number of pyridine rings is 1.